The highest BCUT2D eigenvalue weighted by atomic mass is 35.5. The number of hydrogen-bond acceptors (Lipinski definition) is 3. The SMILES string of the molecule is Cc1cc(C(=O)Nc2ccc(Cl)c(C(F)(F)F)c2)ccc1[N+](=O)[O-]. The first-order chi connectivity index (χ1) is 11.1. The van der Waals surface area contributed by atoms with Crippen LogP contribution in [0.4, 0.5) is 24.5 Å². The second-order valence-corrected chi connectivity index (χ2v) is 5.31. The number of hydrogen-bond donors (Lipinski definition) is 1. The van der Waals surface area contributed by atoms with Crippen molar-refractivity contribution >= 4 is 28.9 Å². The van der Waals surface area contributed by atoms with E-state index in [4.69, 9.17) is 11.6 Å². The van der Waals surface area contributed by atoms with Crippen molar-refractivity contribution in [3.8, 4) is 0 Å². The molecule has 0 radical (unpaired) electrons. The standard InChI is InChI=1S/C15H10ClF3N2O3/c1-8-6-9(2-5-13(8)21(23)24)14(22)20-10-3-4-12(16)11(7-10)15(17,18)19/h2-7H,1H3,(H,20,22). The van der Waals surface area contributed by atoms with Crippen molar-refractivity contribution in [1.29, 1.82) is 0 Å². The van der Waals surface area contributed by atoms with E-state index >= 15 is 0 Å². The minimum atomic E-state index is -4.65. The second kappa shape index (κ2) is 6.48. The van der Waals surface area contributed by atoms with Crippen LogP contribution in [0.25, 0.3) is 0 Å². The van der Waals surface area contributed by atoms with Crippen molar-refractivity contribution in [2.24, 2.45) is 0 Å². The van der Waals surface area contributed by atoms with Gasteiger partial charge in [-0.3, -0.25) is 14.9 Å². The third-order valence-electron chi connectivity index (χ3n) is 3.19. The van der Waals surface area contributed by atoms with E-state index in [0.717, 1.165) is 18.2 Å². The molecule has 0 saturated carbocycles. The van der Waals surface area contributed by atoms with Gasteiger partial charge in [0, 0.05) is 22.9 Å². The normalized spacial score (nSPS) is 11.2. The molecule has 0 atom stereocenters. The number of halogens is 4. The van der Waals surface area contributed by atoms with Gasteiger partial charge < -0.3 is 5.32 Å². The maximum atomic E-state index is 12.8. The summed E-state index contributed by atoms with van der Waals surface area (Å²) in [5.41, 5.74) is -0.965. The Morgan fingerprint density at radius 3 is 2.42 bits per heavy atom. The van der Waals surface area contributed by atoms with Gasteiger partial charge in [0.1, 0.15) is 0 Å². The van der Waals surface area contributed by atoms with E-state index in [9.17, 15) is 28.1 Å². The molecule has 0 heterocycles. The molecule has 0 aliphatic carbocycles. The minimum absolute atomic E-state index is 0.0848. The monoisotopic (exact) mass is 358 g/mol. The lowest BCUT2D eigenvalue weighted by molar-refractivity contribution is -0.385. The molecule has 0 aliphatic rings. The summed E-state index contributed by atoms with van der Waals surface area (Å²) in [6.45, 7) is 1.46. The van der Waals surface area contributed by atoms with Crippen LogP contribution in [0.15, 0.2) is 36.4 Å². The van der Waals surface area contributed by atoms with Crippen molar-refractivity contribution in [3.63, 3.8) is 0 Å². The Labute approximate surface area is 139 Å². The van der Waals surface area contributed by atoms with Crippen molar-refractivity contribution < 1.29 is 22.9 Å². The van der Waals surface area contributed by atoms with Crippen LogP contribution in [-0.2, 0) is 6.18 Å². The van der Waals surface area contributed by atoms with Crippen LogP contribution in [0, 0.1) is 17.0 Å². The Hall–Kier alpha value is -2.61. The topological polar surface area (TPSA) is 72.2 Å². The van der Waals surface area contributed by atoms with Gasteiger partial charge in [-0.25, -0.2) is 0 Å². The zero-order chi connectivity index (χ0) is 18.1. The van der Waals surface area contributed by atoms with Crippen LogP contribution in [0.2, 0.25) is 5.02 Å². The maximum absolute atomic E-state index is 12.8. The molecule has 5 nitrogen and oxygen atoms in total. The number of nitro benzene ring substituents is 1. The molecule has 126 valence electrons. The van der Waals surface area contributed by atoms with Gasteiger partial charge in [0.15, 0.2) is 0 Å². The van der Waals surface area contributed by atoms with Gasteiger partial charge in [-0.05, 0) is 37.3 Å². The van der Waals surface area contributed by atoms with Crippen LogP contribution in [0.5, 0.6) is 0 Å². The average Bonchev–Trinajstić information content (AvgIpc) is 2.47. The minimum Gasteiger partial charge on any atom is -0.322 e. The predicted molar refractivity (Wildman–Crippen MR) is 82.2 cm³/mol. The summed E-state index contributed by atoms with van der Waals surface area (Å²) < 4.78 is 38.4. The molecular weight excluding hydrogens is 349 g/mol. The quantitative estimate of drug-likeness (QED) is 0.631. The van der Waals surface area contributed by atoms with Crippen molar-refractivity contribution in [2.75, 3.05) is 5.32 Å². The lowest BCUT2D eigenvalue weighted by Gasteiger charge is -2.12. The predicted octanol–water partition coefficient (Wildman–Crippen LogP) is 4.83. The Morgan fingerprint density at radius 1 is 1.21 bits per heavy atom. The summed E-state index contributed by atoms with van der Waals surface area (Å²) in [6.07, 6.45) is -4.65. The third-order valence-corrected chi connectivity index (χ3v) is 3.51. The number of nitrogens with one attached hydrogen (secondary N) is 1. The van der Waals surface area contributed by atoms with Crippen LogP contribution in [0.1, 0.15) is 21.5 Å². The van der Waals surface area contributed by atoms with Crippen LogP contribution < -0.4 is 5.32 Å². The summed E-state index contributed by atoms with van der Waals surface area (Å²) in [6, 6.07) is 6.65. The fraction of sp³-hybridized carbons (Fsp3) is 0.133. The lowest BCUT2D eigenvalue weighted by atomic mass is 10.1. The number of alkyl halides is 3. The number of rotatable bonds is 3. The number of anilines is 1. The van der Waals surface area contributed by atoms with Gasteiger partial charge in [0.05, 0.1) is 15.5 Å². The molecule has 0 saturated heterocycles. The fourth-order valence-electron chi connectivity index (χ4n) is 2.03. The van der Waals surface area contributed by atoms with Crippen LogP contribution >= 0.6 is 11.6 Å². The van der Waals surface area contributed by atoms with E-state index in [1.807, 2.05) is 0 Å². The summed E-state index contributed by atoms with van der Waals surface area (Å²) >= 11 is 5.51. The first-order valence-electron chi connectivity index (χ1n) is 6.52. The van der Waals surface area contributed by atoms with E-state index in [1.165, 1.54) is 25.1 Å². The molecule has 9 heteroatoms. The van der Waals surface area contributed by atoms with Gasteiger partial charge in [0.2, 0.25) is 0 Å². The number of aryl methyl sites for hydroxylation is 1. The van der Waals surface area contributed by atoms with Crippen LogP contribution in [0.3, 0.4) is 0 Å². The van der Waals surface area contributed by atoms with Crippen molar-refractivity contribution in [3.05, 3.63) is 68.2 Å². The van der Waals surface area contributed by atoms with E-state index in [0.29, 0.717) is 0 Å². The lowest BCUT2D eigenvalue weighted by Crippen LogP contribution is -2.14. The van der Waals surface area contributed by atoms with E-state index in [2.05, 4.69) is 5.32 Å². The maximum Gasteiger partial charge on any atom is 0.417 e. The molecule has 0 fully saturated rings. The van der Waals surface area contributed by atoms with Gasteiger partial charge in [0.25, 0.3) is 11.6 Å². The third kappa shape index (κ3) is 3.83. The summed E-state index contributed by atoms with van der Waals surface area (Å²) in [7, 11) is 0. The van der Waals surface area contributed by atoms with Gasteiger partial charge in [-0.15, -0.1) is 0 Å². The van der Waals surface area contributed by atoms with E-state index in [-0.39, 0.29) is 22.5 Å². The number of carbonyl (C=O) groups excluding carboxylic acids is 1. The second-order valence-electron chi connectivity index (χ2n) is 4.90. The van der Waals surface area contributed by atoms with Gasteiger partial charge >= 0.3 is 6.18 Å². The largest absolute Gasteiger partial charge is 0.417 e. The fourth-order valence-corrected chi connectivity index (χ4v) is 2.25. The number of nitro groups is 1. The average molecular weight is 359 g/mol. The van der Waals surface area contributed by atoms with Gasteiger partial charge in [-0.2, -0.15) is 13.2 Å². The zero-order valence-corrected chi connectivity index (χ0v) is 12.9. The summed E-state index contributed by atoms with van der Waals surface area (Å²) in [4.78, 5) is 22.2. The first-order valence-corrected chi connectivity index (χ1v) is 6.90. The molecule has 1 amide bonds. The van der Waals surface area contributed by atoms with E-state index < -0.39 is 27.6 Å². The molecule has 0 spiro atoms. The molecule has 0 aliphatic heterocycles. The van der Waals surface area contributed by atoms with Crippen LogP contribution in [-0.4, -0.2) is 10.8 Å². The summed E-state index contributed by atoms with van der Waals surface area (Å²) in [5.74, 6) is -0.691. The molecular formula is C15H10ClF3N2O3. The number of amides is 1. The molecule has 2 aromatic rings. The van der Waals surface area contributed by atoms with Gasteiger partial charge in [-0.1, -0.05) is 11.6 Å². The Balaban J connectivity index is 2.27. The number of nitrogens with zero attached hydrogens (tertiary/aromatic N) is 1. The molecule has 1 N–H and O–H groups in total. The highest BCUT2D eigenvalue weighted by molar-refractivity contribution is 6.31. The Morgan fingerprint density at radius 2 is 1.88 bits per heavy atom. The van der Waals surface area contributed by atoms with Crippen molar-refractivity contribution in [1.82, 2.24) is 0 Å². The van der Waals surface area contributed by atoms with Crippen molar-refractivity contribution in [2.45, 2.75) is 13.1 Å². The Bertz CT molecular complexity index is 822. The highest BCUT2D eigenvalue weighted by Gasteiger charge is 2.33. The highest BCUT2D eigenvalue weighted by Crippen LogP contribution is 2.36. The Kier molecular flexibility index (Phi) is 4.79. The summed E-state index contributed by atoms with van der Waals surface area (Å²) in [5, 5.41) is 12.6. The molecule has 2 aromatic carbocycles. The molecule has 0 unspecified atom stereocenters. The zero-order valence-electron chi connectivity index (χ0n) is 12.1. The number of carbonyl (C=O) groups is 1. The van der Waals surface area contributed by atoms with E-state index in [1.54, 1.807) is 0 Å². The first kappa shape index (κ1) is 17.7. The molecule has 0 aromatic heterocycles. The molecule has 24 heavy (non-hydrogen) atoms. The molecule has 2 rings (SSSR count). The molecule has 0 bridgehead atoms. The number of benzene rings is 2. The smallest absolute Gasteiger partial charge is 0.322 e.